The van der Waals surface area contributed by atoms with Gasteiger partial charge in [0.2, 0.25) is 5.91 Å². The van der Waals surface area contributed by atoms with Crippen molar-refractivity contribution in [3.05, 3.63) is 81.1 Å². The Kier molecular flexibility index (Phi) is 5.06. The van der Waals surface area contributed by atoms with E-state index < -0.39 is 0 Å². The molecule has 4 rings (SSSR count). The number of hydrogen-bond acceptors (Lipinski definition) is 3. The zero-order valence-electron chi connectivity index (χ0n) is 15.6. The zero-order chi connectivity index (χ0) is 19.0. The van der Waals surface area contributed by atoms with E-state index in [0.29, 0.717) is 6.54 Å². The normalized spacial score (nSPS) is 25.0. The van der Waals surface area contributed by atoms with E-state index in [-0.39, 0.29) is 17.9 Å². The number of nitrogens with zero attached hydrogens (tertiary/aromatic N) is 1. The number of amides is 1. The summed E-state index contributed by atoms with van der Waals surface area (Å²) in [6, 6.07) is 0.185. The minimum atomic E-state index is -0.0138. The number of hydrogen-bond donors (Lipinski definition) is 2. The van der Waals surface area contributed by atoms with Gasteiger partial charge in [-0.05, 0) is 50.4 Å². The van der Waals surface area contributed by atoms with Gasteiger partial charge in [0.05, 0.1) is 6.04 Å². The molecule has 0 spiro atoms. The summed E-state index contributed by atoms with van der Waals surface area (Å²) < 4.78 is 1.03. The summed E-state index contributed by atoms with van der Waals surface area (Å²) in [7, 11) is 4.09. The van der Waals surface area contributed by atoms with Crippen LogP contribution in [0.2, 0.25) is 0 Å². The molecule has 1 heterocycles. The van der Waals surface area contributed by atoms with Gasteiger partial charge in [0.1, 0.15) is 0 Å². The first-order valence-corrected chi connectivity index (χ1v) is 10.1. The number of fused-ring (bicyclic) bond motifs is 3. The molecule has 0 aromatic carbocycles. The lowest BCUT2D eigenvalue weighted by atomic mass is 9.79. The fourth-order valence-corrected chi connectivity index (χ4v) is 4.32. The lowest BCUT2D eigenvalue weighted by Gasteiger charge is -2.28. The fourth-order valence-electron chi connectivity index (χ4n) is 3.93. The van der Waals surface area contributed by atoms with E-state index in [9.17, 15) is 4.79 Å². The topological polar surface area (TPSA) is 44.4 Å². The van der Waals surface area contributed by atoms with Crippen LogP contribution in [-0.2, 0) is 4.79 Å². The molecule has 0 fully saturated rings. The van der Waals surface area contributed by atoms with Crippen LogP contribution >= 0.6 is 15.9 Å². The molecule has 0 saturated carbocycles. The summed E-state index contributed by atoms with van der Waals surface area (Å²) in [5.74, 6) is 0.0124. The molecular formula is C22H24BrN3O. The Labute approximate surface area is 168 Å². The van der Waals surface area contributed by atoms with Crippen molar-refractivity contribution in [1.29, 1.82) is 0 Å². The molecule has 3 aliphatic carbocycles. The average molecular weight is 426 g/mol. The third-order valence-electron chi connectivity index (χ3n) is 5.24. The molecule has 1 aliphatic heterocycles. The van der Waals surface area contributed by atoms with Crippen LogP contribution in [0.3, 0.4) is 0 Å². The Balaban J connectivity index is 1.64. The van der Waals surface area contributed by atoms with Crippen LogP contribution in [0.1, 0.15) is 6.42 Å². The summed E-state index contributed by atoms with van der Waals surface area (Å²) in [5.41, 5.74) is 5.48. The van der Waals surface area contributed by atoms with Crippen LogP contribution < -0.4 is 10.6 Å². The first-order valence-electron chi connectivity index (χ1n) is 9.34. The van der Waals surface area contributed by atoms with Gasteiger partial charge in [-0.2, -0.15) is 0 Å². The molecule has 27 heavy (non-hydrogen) atoms. The minimum absolute atomic E-state index is 0.0138. The van der Waals surface area contributed by atoms with Crippen molar-refractivity contribution in [2.45, 2.75) is 12.5 Å². The summed E-state index contributed by atoms with van der Waals surface area (Å²) in [6.07, 6.45) is 17.7. The second-order valence-corrected chi connectivity index (χ2v) is 8.36. The SMILES string of the molecule is CN(C)CCCNC(=O)C1=CC2=C3C=CC=CC3NC2=C2C=C(Br)C=CC12. The highest BCUT2D eigenvalue weighted by atomic mass is 79.9. The second kappa shape index (κ2) is 7.49. The molecular weight excluding hydrogens is 402 g/mol. The summed E-state index contributed by atoms with van der Waals surface area (Å²) in [4.78, 5) is 15.1. The highest BCUT2D eigenvalue weighted by Gasteiger charge is 2.36. The highest BCUT2D eigenvalue weighted by Crippen LogP contribution is 2.43. The van der Waals surface area contributed by atoms with E-state index in [2.05, 4.69) is 74.0 Å². The van der Waals surface area contributed by atoms with E-state index in [1.54, 1.807) is 0 Å². The molecule has 4 aliphatic rings. The zero-order valence-corrected chi connectivity index (χ0v) is 17.2. The van der Waals surface area contributed by atoms with Gasteiger partial charge in [-0.1, -0.05) is 52.4 Å². The quantitative estimate of drug-likeness (QED) is 0.665. The van der Waals surface area contributed by atoms with Crippen LogP contribution in [0.4, 0.5) is 0 Å². The summed E-state index contributed by atoms with van der Waals surface area (Å²) >= 11 is 3.59. The van der Waals surface area contributed by atoms with Gasteiger partial charge >= 0.3 is 0 Å². The first-order chi connectivity index (χ1) is 13.0. The van der Waals surface area contributed by atoms with Crippen LogP contribution in [0.15, 0.2) is 81.1 Å². The third kappa shape index (κ3) is 3.54. The van der Waals surface area contributed by atoms with Gasteiger partial charge in [-0.3, -0.25) is 4.79 Å². The molecule has 2 atom stereocenters. The number of rotatable bonds is 5. The van der Waals surface area contributed by atoms with Gasteiger partial charge in [0.25, 0.3) is 0 Å². The average Bonchev–Trinajstić information content (AvgIpc) is 3.03. The van der Waals surface area contributed by atoms with Crippen molar-refractivity contribution in [2.24, 2.45) is 5.92 Å². The van der Waals surface area contributed by atoms with Crippen LogP contribution in [-0.4, -0.2) is 44.0 Å². The fraction of sp³-hybridized carbons (Fsp3) is 0.318. The van der Waals surface area contributed by atoms with Crippen molar-refractivity contribution in [3.63, 3.8) is 0 Å². The standard InChI is InChI=1S/C22H24BrN3O/c1-26(2)11-5-10-24-22(27)19-13-18-16-6-3-4-7-20(16)25-21(18)17-12-14(23)8-9-15(17)19/h3-4,6-9,12-13,15,20,25H,5,10-11H2,1-2H3,(H,24,27). The molecule has 0 radical (unpaired) electrons. The summed E-state index contributed by atoms with van der Waals surface area (Å²) in [5, 5.41) is 6.73. The van der Waals surface area contributed by atoms with E-state index in [1.165, 1.54) is 5.57 Å². The monoisotopic (exact) mass is 425 g/mol. The molecule has 0 saturated heterocycles. The van der Waals surface area contributed by atoms with E-state index in [1.807, 2.05) is 20.2 Å². The number of nitrogens with one attached hydrogen (secondary N) is 2. The van der Waals surface area contributed by atoms with Crippen molar-refractivity contribution >= 4 is 21.8 Å². The van der Waals surface area contributed by atoms with Crippen LogP contribution in [0.25, 0.3) is 0 Å². The minimum Gasteiger partial charge on any atom is -0.374 e. The molecule has 1 amide bonds. The summed E-state index contributed by atoms with van der Waals surface area (Å²) in [6.45, 7) is 1.65. The van der Waals surface area contributed by atoms with Crippen LogP contribution in [0.5, 0.6) is 0 Å². The van der Waals surface area contributed by atoms with Crippen molar-refractivity contribution in [3.8, 4) is 0 Å². The maximum Gasteiger partial charge on any atom is 0.248 e. The second-order valence-electron chi connectivity index (χ2n) is 7.44. The van der Waals surface area contributed by atoms with Crippen molar-refractivity contribution in [1.82, 2.24) is 15.5 Å². The Hall–Kier alpha value is -2.11. The van der Waals surface area contributed by atoms with Gasteiger partial charge in [-0.15, -0.1) is 0 Å². The van der Waals surface area contributed by atoms with Crippen molar-refractivity contribution < 1.29 is 4.79 Å². The van der Waals surface area contributed by atoms with Gasteiger partial charge in [0, 0.05) is 33.8 Å². The van der Waals surface area contributed by atoms with E-state index >= 15 is 0 Å². The van der Waals surface area contributed by atoms with Gasteiger partial charge in [-0.25, -0.2) is 0 Å². The third-order valence-corrected chi connectivity index (χ3v) is 5.73. The number of carbonyl (C=O) groups is 1. The van der Waals surface area contributed by atoms with E-state index in [4.69, 9.17) is 0 Å². The Morgan fingerprint density at radius 2 is 2.04 bits per heavy atom. The lowest BCUT2D eigenvalue weighted by molar-refractivity contribution is -0.117. The molecule has 0 aromatic rings. The molecule has 140 valence electrons. The molecule has 2 N–H and O–H groups in total. The smallest absolute Gasteiger partial charge is 0.248 e. The molecule has 2 unspecified atom stereocenters. The molecule has 4 nitrogen and oxygen atoms in total. The Bertz CT molecular complexity index is 883. The van der Waals surface area contributed by atoms with Crippen molar-refractivity contribution in [2.75, 3.05) is 27.2 Å². The lowest BCUT2D eigenvalue weighted by Crippen LogP contribution is -2.33. The number of carbonyl (C=O) groups excluding carboxylic acids is 1. The predicted molar refractivity (Wildman–Crippen MR) is 113 cm³/mol. The maximum atomic E-state index is 13.0. The largest absolute Gasteiger partial charge is 0.374 e. The Morgan fingerprint density at radius 3 is 2.85 bits per heavy atom. The molecule has 0 bridgehead atoms. The molecule has 0 aromatic heterocycles. The van der Waals surface area contributed by atoms with Crippen LogP contribution in [0, 0.1) is 5.92 Å². The predicted octanol–water partition coefficient (Wildman–Crippen LogP) is 3.11. The number of allylic oxidation sites excluding steroid dienone is 8. The van der Waals surface area contributed by atoms with E-state index in [0.717, 1.165) is 39.9 Å². The Morgan fingerprint density at radius 1 is 1.19 bits per heavy atom. The highest BCUT2D eigenvalue weighted by molar-refractivity contribution is 9.11. The van der Waals surface area contributed by atoms with Gasteiger partial charge < -0.3 is 15.5 Å². The maximum absolute atomic E-state index is 13.0. The first kappa shape index (κ1) is 18.3. The molecule has 5 heteroatoms. The number of halogens is 1. The van der Waals surface area contributed by atoms with Gasteiger partial charge in [0.15, 0.2) is 0 Å².